The van der Waals surface area contributed by atoms with Crippen LogP contribution in [0.2, 0.25) is 18.1 Å². The molecule has 1 fully saturated rings. The van der Waals surface area contributed by atoms with Crippen molar-refractivity contribution in [2.45, 2.75) is 97.7 Å². The molecule has 0 bridgehead atoms. The summed E-state index contributed by atoms with van der Waals surface area (Å²) in [5, 5.41) is 0.136. The van der Waals surface area contributed by atoms with Crippen molar-refractivity contribution in [3.8, 4) is 0 Å². The highest BCUT2D eigenvalue weighted by Crippen LogP contribution is 2.37. The first-order valence-electron chi connectivity index (χ1n) is 9.89. The second-order valence-electron chi connectivity index (χ2n) is 10.4. The lowest BCUT2D eigenvalue weighted by atomic mass is 10.1. The Balaban J connectivity index is 2.88. The predicted octanol–water partition coefficient (Wildman–Crippen LogP) is 5.06. The second kappa shape index (κ2) is 8.61. The van der Waals surface area contributed by atoms with E-state index in [4.69, 9.17) is 13.9 Å². The molecule has 1 amide bonds. The largest absolute Gasteiger partial charge is 0.444 e. The highest BCUT2D eigenvalue weighted by Gasteiger charge is 2.43. The predicted molar refractivity (Wildman–Crippen MR) is 109 cm³/mol. The Morgan fingerprint density at radius 2 is 1.73 bits per heavy atom. The van der Waals surface area contributed by atoms with Gasteiger partial charge in [0.2, 0.25) is 0 Å². The lowest BCUT2D eigenvalue weighted by Crippen LogP contribution is -2.49. The van der Waals surface area contributed by atoms with Crippen LogP contribution in [0.4, 0.5) is 4.79 Å². The fraction of sp³-hybridized carbons (Fsp3) is 0.950. The molecular weight excluding hydrogens is 346 g/mol. The van der Waals surface area contributed by atoms with Crippen LogP contribution in [0.1, 0.15) is 61.8 Å². The van der Waals surface area contributed by atoms with Crippen molar-refractivity contribution >= 4 is 14.4 Å². The van der Waals surface area contributed by atoms with Crippen LogP contribution in [0.25, 0.3) is 0 Å². The Morgan fingerprint density at radius 3 is 2.19 bits per heavy atom. The molecule has 0 aromatic carbocycles. The summed E-state index contributed by atoms with van der Waals surface area (Å²) in [6.45, 7) is 23.0. The van der Waals surface area contributed by atoms with E-state index in [1.165, 1.54) is 0 Å². The van der Waals surface area contributed by atoms with Crippen LogP contribution in [0.3, 0.4) is 0 Å². The van der Waals surface area contributed by atoms with E-state index in [9.17, 15) is 4.79 Å². The van der Waals surface area contributed by atoms with Crippen LogP contribution >= 0.6 is 0 Å². The summed E-state index contributed by atoms with van der Waals surface area (Å²) in [6, 6.07) is -0.0854. The molecule has 0 aliphatic carbocycles. The van der Waals surface area contributed by atoms with Gasteiger partial charge in [-0.3, -0.25) is 0 Å². The monoisotopic (exact) mass is 387 g/mol. The zero-order valence-electron chi connectivity index (χ0n) is 18.6. The molecule has 0 saturated carbocycles. The minimum atomic E-state index is -1.89. The van der Waals surface area contributed by atoms with Gasteiger partial charge in [0.15, 0.2) is 8.32 Å². The van der Waals surface area contributed by atoms with E-state index >= 15 is 0 Å². The number of amides is 1. The Kier molecular flexibility index (Phi) is 7.77. The maximum atomic E-state index is 12.7. The Hall–Kier alpha value is -0.593. The van der Waals surface area contributed by atoms with Gasteiger partial charge in [-0.2, -0.15) is 0 Å². The van der Waals surface area contributed by atoms with Crippen molar-refractivity contribution in [2.75, 3.05) is 19.8 Å². The number of carbonyl (C=O) groups excluding carboxylic acids is 1. The minimum Gasteiger partial charge on any atom is -0.444 e. The Morgan fingerprint density at radius 1 is 1.15 bits per heavy atom. The molecule has 154 valence electrons. The number of nitrogens with zero attached hydrogens (tertiary/aromatic N) is 1. The summed E-state index contributed by atoms with van der Waals surface area (Å²) >= 11 is 0. The van der Waals surface area contributed by atoms with E-state index in [0.717, 1.165) is 6.42 Å². The third kappa shape index (κ3) is 6.85. The number of likely N-dealkylation sites (tertiary alicyclic amines) is 1. The van der Waals surface area contributed by atoms with Crippen molar-refractivity contribution in [2.24, 2.45) is 5.92 Å². The lowest BCUT2D eigenvalue weighted by Gasteiger charge is -2.39. The van der Waals surface area contributed by atoms with Crippen molar-refractivity contribution in [3.63, 3.8) is 0 Å². The zero-order chi connectivity index (χ0) is 20.3. The van der Waals surface area contributed by atoms with E-state index in [0.29, 0.717) is 25.7 Å². The summed E-state index contributed by atoms with van der Waals surface area (Å²) < 4.78 is 18.2. The molecule has 0 spiro atoms. The third-order valence-corrected chi connectivity index (χ3v) is 9.68. The van der Waals surface area contributed by atoms with Gasteiger partial charge in [-0.1, -0.05) is 34.6 Å². The van der Waals surface area contributed by atoms with Crippen molar-refractivity contribution < 1.29 is 18.7 Å². The van der Waals surface area contributed by atoms with Crippen molar-refractivity contribution in [1.29, 1.82) is 0 Å². The van der Waals surface area contributed by atoms with Gasteiger partial charge in [-0.15, -0.1) is 0 Å². The van der Waals surface area contributed by atoms with Gasteiger partial charge in [0.1, 0.15) is 5.60 Å². The highest BCUT2D eigenvalue weighted by atomic mass is 28.4. The molecule has 0 aromatic rings. The average molecular weight is 388 g/mol. The van der Waals surface area contributed by atoms with Crippen LogP contribution in [-0.4, -0.2) is 56.8 Å². The van der Waals surface area contributed by atoms with Crippen molar-refractivity contribution in [3.05, 3.63) is 0 Å². The van der Waals surface area contributed by atoms with Gasteiger partial charge in [-0.25, -0.2) is 4.79 Å². The van der Waals surface area contributed by atoms with E-state index < -0.39 is 13.9 Å². The van der Waals surface area contributed by atoms with E-state index in [1.807, 2.05) is 25.7 Å². The second-order valence-corrected chi connectivity index (χ2v) is 15.2. The molecule has 1 aliphatic rings. The topological polar surface area (TPSA) is 48.0 Å². The molecule has 26 heavy (non-hydrogen) atoms. The number of hydrogen-bond acceptors (Lipinski definition) is 4. The molecule has 0 N–H and O–H groups in total. The molecular formula is C20H41NO4Si. The fourth-order valence-electron chi connectivity index (χ4n) is 2.59. The normalized spacial score (nSPS) is 22.2. The van der Waals surface area contributed by atoms with Crippen LogP contribution in [0.15, 0.2) is 0 Å². The molecule has 1 heterocycles. The van der Waals surface area contributed by atoms with Crippen molar-refractivity contribution in [1.82, 2.24) is 4.90 Å². The molecule has 0 unspecified atom stereocenters. The summed E-state index contributed by atoms with van der Waals surface area (Å²) in [4.78, 5) is 14.5. The quantitative estimate of drug-likeness (QED) is 0.598. The molecule has 0 aromatic heterocycles. The molecule has 6 heteroatoms. The van der Waals surface area contributed by atoms with Gasteiger partial charge >= 0.3 is 6.09 Å². The van der Waals surface area contributed by atoms with Crippen LogP contribution in [0.5, 0.6) is 0 Å². The molecule has 2 atom stereocenters. The molecule has 1 rings (SSSR count). The van der Waals surface area contributed by atoms with Crippen LogP contribution < -0.4 is 0 Å². The first-order chi connectivity index (χ1) is 11.6. The number of carbonyl (C=O) groups is 1. The van der Waals surface area contributed by atoms with Gasteiger partial charge in [0.25, 0.3) is 0 Å². The third-order valence-electron chi connectivity index (χ3n) is 5.18. The van der Waals surface area contributed by atoms with Gasteiger partial charge in [-0.05, 0) is 51.2 Å². The van der Waals surface area contributed by atoms with Crippen LogP contribution in [0, 0.1) is 5.92 Å². The van der Waals surface area contributed by atoms with E-state index in [1.54, 1.807) is 0 Å². The average Bonchev–Trinajstić information content (AvgIpc) is 2.82. The minimum absolute atomic E-state index is 0.00897. The maximum absolute atomic E-state index is 12.7. The number of ether oxygens (including phenoxy) is 2. The van der Waals surface area contributed by atoms with Gasteiger partial charge in [0, 0.05) is 13.2 Å². The van der Waals surface area contributed by atoms with Crippen LogP contribution in [-0.2, 0) is 13.9 Å². The number of rotatable bonds is 6. The summed E-state index contributed by atoms with van der Waals surface area (Å²) in [7, 11) is -1.89. The fourth-order valence-corrected chi connectivity index (χ4v) is 3.61. The standard InChI is InChI=1S/C20H41NO4Si/c1-15(2)13-23-17-11-12-21(18(22)25-19(3,4)5)16(17)14-24-26(9,10)20(6,7)8/h15-17H,11-14H2,1-10H3/t16-,17+/m1/s1. The summed E-state index contributed by atoms with van der Waals surface area (Å²) in [5.74, 6) is 0.465. The molecule has 1 aliphatic heterocycles. The number of hydrogen-bond donors (Lipinski definition) is 0. The zero-order valence-corrected chi connectivity index (χ0v) is 19.6. The molecule has 5 nitrogen and oxygen atoms in total. The highest BCUT2D eigenvalue weighted by molar-refractivity contribution is 6.74. The smallest absolute Gasteiger partial charge is 0.410 e. The lowest BCUT2D eigenvalue weighted by molar-refractivity contribution is -0.0167. The molecule has 1 saturated heterocycles. The SMILES string of the molecule is CC(C)CO[C@H]1CCN(C(=O)OC(C)(C)C)[C@@H]1CO[Si](C)(C)C(C)(C)C. The molecule has 0 radical (unpaired) electrons. The Labute approximate surface area is 161 Å². The van der Waals surface area contributed by atoms with E-state index in [2.05, 4.69) is 47.7 Å². The maximum Gasteiger partial charge on any atom is 0.410 e. The summed E-state index contributed by atoms with van der Waals surface area (Å²) in [5.41, 5.74) is -0.501. The van der Waals surface area contributed by atoms with Gasteiger partial charge in [0.05, 0.1) is 18.8 Å². The first kappa shape index (κ1) is 23.4. The van der Waals surface area contributed by atoms with E-state index in [-0.39, 0.29) is 23.3 Å². The van der Waals surface area contributed by atoms with Gasteiger partial charge < -0.3 is 18.8 Å². The first-order valence-corrected chi connectivity index (χ1v) is 12.8. The summed E-state index contributed by atoms with van der Waals surface area (Å²) in [6.07, 6.45) is 0.573. The Bertz CT molecular complexity index is 465.